The molecule has 3 rings (SSSR count). The van der Waals surface area contributed by atoms with Crippen LogP contribution in [0, 0.1) is 6.92 Å². The first-order valence-corrected chi connectivity index (χ1v) is 8.00. The Morgan fingerprint density at radius 1 is 1.38 bits per heavy atom. The van der Waals surface area contributed by atoms with E-state index in [-0.39, 0.29) is 12.5 Å². The van der Waals surface area contributed by atoms with Crippen LogP contribution in [0.15, 0.2) is 18.2 Å². The molecule has 24 heavy (non-hydrogen) atoms. The Balaban J connectivity index is 1.90. The topological polar surface area (TPSA) is 87.2 Å². The zero-order chi connectivity index (χ0) is 17.3. The highest BCUT2D eigenvalue weighted by Gasteiger charge is 2.36. The number of aldehydes is 1. The molecule has 0 aliphatic carbocycles. The van der Waals surface area contributed by atoms with Gasteiger partial charge in [-0.05, 0) is 31.0 Å². The van der Waals surface area contributed by atoms with Gasteiger partial charge < -0.3 is 24.4 Å². The van der Waals surface area contributed by atoms with Crippen LogP contribution in [0.25, 0.3) is 0 Å². The monoisotopic (exact) mass is 332 g/mol. The highest BCUT2D eigenvalue weighted by molar-refractivity contribution is 6.02. The van der Waals surface area contributed by atoms with Crippen molar-refractivity contribution in [3.63, 3.8) is 0 Å². The zero-order valence-electron chi connectivity index (χ0n) is 13.5. The third kappa shape index (κ3) is 2.81. The van der Waals surface area contributed by atoms with E-state index in [1.807, 2.05) is 0 Å². The van der Waals surface area contributed by atoms with Crippen molar-refractivity contribution in [2.24, 2.45) is 0 Å². The van der Waals surface area contributed by atoms with Crippen molar-refractivity contribution < 1.29 is 24.2 Å². The van der Waals surface area contributed by atoms with E-state index in [9.17, 15) is 19.5 Å². The summed E-state index contributed by atoms with van der Waals surface area (Å²) >= 11 is 0. The number of rotatable bonds is 4. The Hall–Kier alpha value is -2.25. The average molecular weight is 332 g/mol. The summed E-state index contributed by atoms with van der Waals surface area (Å²) < 4.78 is 5.23. The van der Waals surface area contributed by atoms with E-state index < -0.39 is 18.1 Å². The molecule has 2 saturated heterocycles. The second-order valence-corrected chi connectivity index (χ2v) is 6.00. The fraction of sp³-hybridized carbons (Fsp3) is 0.471. The standard InChI is InChI=1S/C17H20N2O5/c1-11-12(16(22)18-6-3-7-18)4-2-5-13(11)19-8-9-24-15(17(19)23)14(21)10-20/h2,4-5,10,14-15,21H,3,6-9H2,1H3/t14-,15+/m0/s1. The maximum absolute atomic E-state index is 12.5. The Morgan fingerprint density at radius 2 is 2.12 bits per heavy atom. The number of hydrogen-bond acceptors (Lipinski definition) is 5. The number of nitrogens with zero attached hydrogens (tertiary/aromatic N) is 2. The maximum atomic E-state index is 12.5. The van der Waals surface area contributed by atoms with E-state index >= 15 is 0 Å². The molecule has 128 valence electrons. The van der Waals surface area contributed by atoms with Crippen LogP contribution in [0.4, 0.5) is 5.69 Å². The molecule has 2 aliphatic rings. The van der Waals surface area contributed by atoms with Crippen LogP contribution in [-0.4, -0.2) is 66.6 Å². The highest BCUT2D eigenvalue weighted by atomic mass is 16.5. The molecule has 2 fully saturated rings. The fourth-order valence-corrected chi connectivity index (χ4v) is 3.00. The van der Waals surface area contributed by atoms with Crippen molar-refractivity contribution in [2.45, 2.75) is 25.6 Å². The van der Waals surface area contributed by atoms with Crippen molar-refractivity contribution >= 4 is 23.8 Å². The lowest BCUT2D eigenvalue weighted by atomic mass is 10.0. The molecular weight excluding hydrogens is 312 g/mol. The number of aliphatic hydroxyl groups excluding tert-OH is 1. The molecule has 2 aliphatic heterocycles. The minimum Gasteiger partial charge on any atom is -0.382 e. The number of morpholine rings is 1. The molecule has 0 aromatic heterocycles. The van der Waals surface area contributed by atoms with Gasteiger partial charge in [-0.15, -0.1) is 0 Å². The minimum atomic E-state index is -1.49. The van der Waals surface area contributed by atoms with Gasteiger partial charge in [-0.3, -0.25) is 9.59 Å². The van der Waals surface area contributed by atoms with E-state index in [0.717, 1.165) is 19.5 Å². The Morgan fingerprint density at radius 3 is 2.75 bits per heavy atom. The number of likely N-dealkylation sites (tertiary alicyclic amines) is 1. The summed E-state index contributed by atoms with van der Waals surface area (Å²) in [5.74, 6) is -0.511. The molecule has 1 aromatic rings. The van der Waals surface area contributed by atoms with Crippen LogP contribution in [0.2, 0.25) is 0 Å². The van der Waals surface area contributed by atoms with Crippen LogP contribution in [-0.2, 0) is 14.3 Å². The molecule has 7 heteroatoms. The van der Waals surface area contributed by atoms with Gasteiger partial charge in [0, 0.05) is 30.9 Å². The highest BCUT2D eigenvalue weighted by Crippen LogP contribution is 2.28. The second kappa shape index (κ2) is 6.70. The van der Waals surface area contributed by atoms with Crippen molar-refractivity contribution in [3.8, 4) is 0 Å². The molecular formula is C17H20N2O5. The number of amides is 2. The van der Waals surface area contributed by atoms with E-state index in [2.05, 4.69) is 0 Å². The largest absolute Gasteiger partial charge is 0.382 e. The molecule has 2 amide bonds. The number of carbonyl (C=O) groups excluding carboxylic acids is 3. The van der Waals surface area contributed by atoms with Crippen molar-refractivity contribution in [1.82, 2.24) is 4.90 Å². The SMILES string of the molecule is Cc1c(C(=O)N2CCC2)cccc1N1CCO[C@H]([C@@H](O)C=O)C1=O. The van der Waals surface area contributed by atoms with Crippen LogP contribution >= 0.6 is 0 Å². The van der Waals surface area contributed by atoms with Crippen molar-refractivity contribution in [2.75, 3.05) is 31.1 Å². The van der Waals surface area contributed by atoms with Crippen LogP contribution in [0.3, 0.4) is 0 Å². The molecule has 0 spiro atoms. The molecule has 1 aromatic carbocycles. The summed E-state index contributed by atoms with van der Waals surface area (Å²) in [7, 11) is 0. The number of aliphatic hydroxyl groups is 1. The van der Waals surface area contributed by atoms with E-state index in [1.54, 1.807) is 30.0 Å². The van der Waals surface area contributed by atoms with E-state index in [1.165, 1.54) is 4.90 Å². The van der Waals surface area contributed by atoms with E-state index in [0.29, 0.717) is 29.6 Å². The van der Waals surface area contributed by atoms with Crippen LogP contribution in [0.5, 0.6) is 0 Å². The summed E-state index contributed by atoms with van der Waals surface area (Å²) in [6.07, 6.45) is -1.39. The van der Waals surface area contributed by atoms with Gasteiger partial charge >= 0.3 is 0 Å². The maximum Gasteiger partial charge on any atom is 0.259 e. The first-order valence-electron chi connectivity index (χ1n) is 8.00. The quantitative estimate of drug-likeness (QED) is 0.792. The van der Waals surface area contributed by atoms with Crippen molar-refractivity contribution in [1.29, 1.82) is 0 Å². The Labute approximate surface area is 139 Å². The molecule has 0 saturated carbocycles. The number of ether oxygens (including phenoxy) is 1. The Kier molecular flexibility index (Phi) is 4.64. The lowest BCUT2D eigenvalue weighted by Crippen LogP contribution is -2.53. The third-order valence-corrected chi connectivity index (χ3v) is 4.54. The zero-order valence-corrected chi connectivity index (χ0v) is 13.5. The normalized spacial score (nSPS) is 22.1. The molecule has 2 heterocycles. The number of anilines is 1. The summed E-state index contributed by atoms with van der Waals surface area (Å²) in [6, 6.07) is 5.25. The Bertz CT molecular complexity index is 671. The van der Waals surface area contributed by atoms with Gasteiger partial charge in [0.25, 0.3) is 11.8 Å². The van der Waals surface area contributed by atoms with E-state index in [4.69, 9.17) is 4.74 Å². The lowest BCUT2D eigenvalue weighted by molar-refractivity contribution is -0.146. The fourth-order valence-electron chi connectivity index (χ4n) is 3.00. The summed E-state index contributed by atoms with van der Waals surface area (Å²) in [4.78, 5) is 39.1. The minimum absolute atomic E-state index is 0.0363. The number of benzene rings is 1. The van der Waals surface area contributed by atoms with Gasteiger partial charge in [-0.2, -0.15) is 0 Å². The van der Waals surface area contributed by atoms with Gasteiger partial charge in [0.2, 0.25) is 0 Å². The summed E-state index contributed by atoms with van der Waals surface area (Å²) in [6.45, 7) is 3.84. The van der Waals surface area contributed by atoms with Gasteiger partial charge in [-0.1, -0.05) is 6.07 Å². The van der Waals surface area contributed by atoms with Gasteiger partial charge in [0.1, 0.15) is 6.10 Å². The molecule has 0 bridgehead atoms. The average Bonchev–Trinajstić information content (AvgIpc) is 2.53. The second-order valence-electron chi connectivity index (χ2n) is 6.00. The summed E-state index contributed by atoms with van der Waals surface area (Å²) in [5, 5.41) is 9.64. The first-order chi connectivity index (χ1) is 11.5. The smallest absolute Gasteiger partial charge is 0.259 e. The number of carbonyl (C=O) groups is 3. The predicted molar refractivity (Wildman–Crippen MR) is 85.9 cm³/mol. The molecule has 0 unspecified atom stereocenters. The molecule has 7 nitrogen and oxygen atoms in total. The van der Waals surface area contributed by atoms with Gasteiger partial charge in [0.15, 0.2) is 12.4 Å². The lowest BCUT2D eigenvalue weighted by Gasteiger charge is -2.35. The van der Waals surface area contributed by atoms with Gasteiger partial charge in [-0.25, -0.2) is 0 Å². The number of hydrogen-bond donors (Lipinski definition) is 1. The van der Waals surface area contributed by atoms with Crippen molar-refractivity contribution in [3.05, 3.63) is 29.3 Å². The molecule has 1 N–H and O–H groups in total. The predicted octanol–water partition coefficient (Wildman–Crippen LogP) is 0.133. The van der Waals surface area contributed by atoms with Crippen LogP contribution < -0.4 is 4.90 Å². The molecule has 2 atom stereocenters. The third-order valence-electron chi connectivity index (χ3n) is 4.54. The molecule has 0 radical (unpaired) electrons. The first kappa shape index (κ1) is 16.6. The van der Waals surface area contributed by atoms with Gasteiger partial charge in [0.05, 0.1) is 6.61 Å². The summed E-state index contributed by atoms with van der Waals surface area (Å²) in [5.41, 5.74) is 1.89. The van der Waals surface area contributed by atoms with Crippen LogP contribution in [0.1, 0.15) is 22.3 Å².